The first-order valence-electron chi connectivity index (χ1n) is 8.27. The Bertz CT molecular complexity index is 936. The molecule has 0 atom stereocenters. The third kappa shape index (κ3) is 4.57. The van der Waals surface area contributed by atoms with Gasteiger partial charge in [0.1, 0.15) is 11.5 Å². The first kappa shape index (κ1) is 18.7. The Labute approximate surface area is 162 Å². The van der Waals surface area contributed by atoms with E-state index in [1.54, 1.807) is 26.5 Å². The summed E-state index contributed by atoms with van der Waals surface area (Å²) in [5.74, 6) is 2.34. The van der Waals surface area contributed by atoms with Crippen LogP contribution in [0.1, 0.15) is 11.1 Å². The van der Waals surface area contributed by atoms with Crippen LogP contribution in [-0.4, -0.2) is 29.4 Å². The van der Waals surface area contributed by atoms with Crippen molar-refractivity contribution in [3.05, 3.63) is 58.7 Å². The molecule has 0 amide bonds. The smallest absolute Gasteiger partial charge is 0.249 e. The van der Waals surface area contributed by atoms with Gasteiger partial charge in [-0.1, -0.05) is 29.8 Å². The predicted octanol–water partition coefficient (Wildman–Crippen LogP) is 4.21. The van der Waals surface area contributed by atoms with Gasteiger partial charge in [-0.3, -0.25) is 0 Å². The SMILES string of the molecule is COc1ccccc1CNc1cnnc(Nc2cc(C)c(Cl)cc2OC)n1. The fourth-order valence-electron chi connectivity index (χ4n) is 2.53. The van der Waals surface area contributed by atoms with Crippen LogP contribution in [-0.2, 0) is 6.54 Å². The van der Waals surface area contributed by atoms with E-state index in [0.717, 1.165) is 16.9 Å². The number of para-hydroxylation sites is 1. The van der Waals surface area contributed by atoms with Gasteiger partial charge in [0.2, 0.25) is 5.95 Å². The molecular weight excluding hydrogens is 366 g/mol. The Morgan fingerprint density at radius 2 is 1.85 bits per heavy atom. The Morgan fingerprint density at radius 1 is 1.07 bits per heavy atom. The summed E-state index contributed by atoms with van der Waals surface area (Å²) in [7, 11) is 3.23. The molecule has 1 aromatic heterocycles. The van der Waals surface area contributed by atoms with Crippen LogP contribution in [0.2, 0.25) is 5.02 Å². The fraction of sp³-hybridized carbons (Fsp3) is 0.211. The quantitative estimate of drug-likeness (QED) is 0.630. The number of aromatic nitrogens is 3. The summed E-state index contributed by atoms with van der Waals surface area (Å²) >= 11 is 6.15. The van der Waals surface area contributed by atoms with Crippen molar-refractivity contribution in [3.8, 4) is 11.5 Å². The van der Waals surface area contributed by atoms with Crippen LogP contribution in [0.5, 0.6) is 11.5 Å². The first-order valence-corrected chi connectivity index (χ1v) is 8.65. The molecule has 0 bridgehead atoms. The average Bonchev–Trinajstić information content (AvgIpc) is 2.69. The number of nitrogens with one attached hydrogen (secondary N) is 2. The van der Waals surface area contributed by atoms with Crippen LogP contribution in [0.4, 0.5) is 17.5 Å². The maximum Gasteiger partial charge on any atom is 0.249 e. The first-order chi connectivity index (χ1) is 13.1. The molecule has 0 spiro atoms. The zero-order valence-electron chi connectivity index (χ0n) is 15.3. The lowest BCUT2D eigenvalue weighted by atomic mass is 10.2. The second kappa shape index (κ2) is 8.55. The van der Waals surface area contributed by atoms with E-state index in [-0.39, 0.29) is 0 Å². The second-order valence-electron chi connectivity index (χ2n) is 5.76. The van der Waals surface area contributed by atoms with E-state index in [1.165, 1.54) is 0 Å². The third-order valence-electron chi connectivity index (χ3n) is 3.94. The molecule has 3 rings (SSSR count). The normalized spacial score (nSPS) is 10.4. The van der Waals surface area contributed by atoms with Crippen molar-refractivity contribution in [2.75, 3.05) is 24.9 Å². The lowest BCUT2D eigenvalue weighted by Crippen LogP contribution is -2.07. The van der Waals surface area contributed by atoms with Crippen molar-refractivity contribution in [1.29, 1.82) is 0 Å². The van der Waals surface area contributed by atoms with Gasteiger partial charge in [0.05, 0.1) is 26.1 Å². The summed E-state index contributed by atoms with van der Waals surface area (Å²) in [6.07, 6.45) is 1.56. The molecule has 140 valence electrons. The zero-order chi connectivity index (χ0) is 19.2. The molecule has 0 aliphatic carbocycles. The van der Waals surface area contributed by atoms with E-state index in [4.69, 9.17) is 21.1 Å². The monoisotopic (exact) mass is 385 g/mol. The van der Waals surface area contributed by atoms with Gasteiger partial charge in [-0.25, -0.2) is 0 Å². The largest absolute Gasteiger partial charge is 0.496 e. The molecule has 0 saturated heterocycles. The highest BCUT2D eigenvalue weighted by molar-refractivity contribution is 6.31. The molecular formula is C19H20ClN5O2. The van der Waals surface area contributed by atoms with Gasteiger partial charge in [-0.05, 0) is 24.6 Å². The van der Waals surface area contributed by atoms with Crippen LogP contribution >= 0.6 is 11.6 Å². The van der Waals surface area contributed by atoms with Crippen LogP contribution in [0.3, 0.4) is 0 Å². The van der Waals surface area contributed by atoms with E-state index >= 15 is 0 Å². The Balaban J connectivity index is 1.75. The molecule has 27 heavy (non-hydrogen) atoms. The van der Waals surface area contributed by atoms with Gasteiger partial charge in [-0.2, -0.15) is 10.1 Å². The number of methoxy groups -OCH3 is 2. The number of aryl methyl sites for hydroxylation is 1. The summed E-state index contributed by atoms with van der Waals surface area (Å²) in [5.41, 5.74) is 2.64. The van der Waals surface area contributed by atoms with E-state index < -0.39 is 0 Å². The molecule has 1 heterocycles. The van der Waals surface area contributed by atoms with Crippen molar-refractivity contribution < 1.29 is 9.47 Å². The van der Waals surface area contributed by atoms with Gasteiger partial charge in [0.25, 0.3) is 0 Å². The minimum absolute atomic E-state index is 0.347. The summed E-state index contributed by atoms with van der Waals surface area (Å²) in [6, 6.07) is 11.4. The van der Waals surface area contributed by atoms with Gasteiger partial charge < -0.3 is 20.1 Å². The summed E-state index contributed by atoms with van der Waals surface area (Å²) in [4.78, 5) is 4.44. The van der Waals surface area contributed by atoms with Crippen molar-refractivity contribution in [2.45, 2.75) is 13.5 Å². The summed E-state index contributed by atoms with van der Waals surface area (Å²) in [5, 5.41) is 15.0. The average molecular weight is 386 g/mol. The highest BCUT2D eigenvalue weighted by Crippen LogP contribution is 2.32. The Hall–Kier alpha value is -3.06. The van der Waals surface area contributed by atoms with E-state index in [1.807, 2.05) is 37.3 Å². The van der Waals surface area contributed by atoms with Crippen molar-refractivity contribution in [1.82, 2.24) is 15.2 Å². The van der Waals surface area contributed by atoms with Crippen molar-refractivity contribution in [3.63, 3.8) is 0 Å². The second-order valence-corrected chi connectivity index (χ2v) is 6.16. The maximum absolute atomic E-state index is 6.15. The highest BCUT2D eigenvalue weighted by Gasteiger charge is 2.10. The number of nitrogens with zero attached hydrogens (tertiary/aromatic N) is 3. The molecule has 8 heteroatoms. The number of hydrogen-bond donors (Lipinski definition) is 2. The molecule has 7 nitrogen and oxygen atoms in total. The molecule has 2 aromatic carbocycles. The number of rotatable bonds is 7. The number of hydrogen-bond acceptors (Lipinski definition) is 7. The molecule has 0 aliphatic rings. The van der Waals surface area contributed by atoms with Gasteiger partial charge in [0.15, 0.2) is 5.82 Å². The Morgan fingerprint density at radius 3 is 2.63 bits per heavy atom. The van der Waals surface area contributed by atoms with E-state index in [2.05, 4.69) is 25.8 Å². The molecule has 0 saturated carbocycles. The number of halogens is 1. The molecule has 2 N–H and O–H groups in total. The molecule has 0 aliphatic heterocycles. The van der Waals surface area contributed by atoms with Gasteiger partial charge in [0, 0.05) is 23.2 Å². The minimum Gasteiger partial charge on any atom is -0.496 e. The summed E-state index contributed by atoms with van der Waals surface area (Å²) < 4.78 is 10.7. The van der Waals surface area contributed by atoms with Gasteiger partial charge in [-0.15, -0.1) is 5.10 Å². The van der Waals surface area contributed by atoms with Crippen molar-refractivity contribution >= 4 is 29.1 Å². The molecule has 0 unspecified atom stereocenters. The molecule has 3 aromatic rings. The number of benzene rings is 2. The predicted molar refractivity (Wildman–Crippen MR) is 106 cm³/mol. The fourth-order valence-corrected chi connectivity index (χ4v) is 2.68. The van der Waals surface area contributed by atoms with Crippen LogP contribution in [0.25, 0.3) is 0 Å². The molecule has 0 fully saturated rings. The highest BCUT2D eigenvalue weighted by atomic mass is 35.5. The van der Waals surface area contributed by atoms with Crippen LogP contribution < -0.4 is 20.1 Å². The topological polar surface area (TPSA) is 81.2 Å². The van der Waals surface area contributed by atoms with E-state index in [0.29, 0.717) is 34.8 Å². The standard InChI is InChI=1S/C19H20ClN5O2/c1-12-8-15(17(27-3)9-14(12)20)23-19-24-18(11-22-25-19)21-10-13-6-4-5-7-16(13)26-2/h4-9,11H,10H2,1-3H3,(H2,21,23,24,25). The lowest BCUT2D eigenvalue weighted by Gasteiger charge is -2.13. The lowest BCUT2D eigenvalue weighted by molar-refractivity contribution is 0.410. The summed E-state index contributed by atoms with van der Waals surface area (Å²) in [6.45, 7) is 2.46. The number of ether oxygens (including phenoxy) is 2. The van der Waals surface area contributed by atoms with Crippen molar-refractivity contribution in [2.24, 2.45) is 0 Å². The van der Waals surface area contributed by atoms with Gasteiger partial charge >= 0.3 is 0 Å². The third-order valence-corrected chi connectivity index (χ3v) is 4.35. The zero-order valence-corrected chi connectivity index (χ0v) is 16.0. The number of anilines is 3. The van der Waals surface area contributed by atoms with Crippen LogP contribution in [0.15, 0.2) is 42.6 Å². The van der Waals surface area contributed by atoms with E-state index in [9.17, 15) is 0 Å². The van der Waals surface area contributed by atoms with Crippen LogP contribution in [0, 0.1) is 6.92 Å². The molecule has 0 radical (unpaired) electrons. The minimum atomic E-state index is 0.347. The maximum atomic E-state index is 6.15. The Kier molecular flexibility index (Phi) is 5.93.